The van der Waals surface area contributed by atoms with E-state index in [9.17, 15) is 4.79 Å². The summed E-state index contributed by atoms with van der Waals surface area (Å²) in [6, 6.07) is 10.5. The first kappa shape index (κ1) is 15.1. The zero-order chi connectivity index (χ0) is 16.8. The van der Waals surface area contributed by atoms with Crippen LogP contribution in [0.15, 0.2) is 30.3 Å². The molecule has 0 radical (unpaired) electrons. The van der Waals surface area contributed by atoms with E-state index >= 15 is 0 Å². The third-order valence-corrected chi connectivity index (χ3v) is 6.15. The Morgan fingerprint density at radius 3 is 2.64 bits per heavy atom. The molecular formula is C20H24N4O. The molecule has 5 rings (SSSR count). The fourth-order valence-electron chi connectivity index (χ4n) is 4.60. The van der Waals surface area contributed by atoms with Crippen molar-refractivity contribution >= 4 is 5.91 Å². The maximum Gasteiger partial charge on any atom is 0.226 e. The Morgan fingerprint density at radius 1 is 1.04 bits per heavy atom. The molecule has 2 aliphatic heterocycles. The predicted molar refractivity (Wildman–Crippen MR) is 94.2 cm³/mol. The number of likely N-dealkylation sites (tertiary alicyclic amines) is 1. The SMILES string of the molecule is O=C([C@H]1C[C@H]1c1ccccc1)N1CCC(c2nnc3n2CCC3)CC1. The summed E-state index contributed by atoms with van der Waals surface area (Å²) < 4.78 is 2.31. The van der Waals surface area contributed by atoms with Gasteiger partial charge in [-0.1, -0.05) is 30.3 Å². The molecule has 5 heteroatoms. The lowest BCUT2D eigenvalue weighted by molar-refractivity contribution is -0.133. The summed E-state index contributed by atoms with van der Waals surface area (Å²) in [6.07, 6.45) is 5.31. The van der Waals surface area contributed by atoms with E-state index in [-0.39, 0.29) is 5.92 Å². The van der Waals surface area contributed by atoms with Gasteiger partial charge in [-0.05, 0) is 37.2 Å². The van der Waals surface area contributed by atoms with Crippen molar-refractivity contribution in [3.8, 4) is 0 Å². The van der Waals surface area contributed by atoms with Crippen molar-refractivity contribution in [1.82, 2.24) is 19.7 Å². The van der Waals surface area contributed by atoms with E-state index in [1.807, 2.05) is 6.07 Å². The molecule has 0 bridgehead atoms. The Labute approximate surface area is 148 Å². The lowest BCUT2D eigenvalue weighted by atomic mass is 9.95. The zero-order valence-electron chi connectivity index (χ0n) is 14.5. The van der Waals surface area contributed by atoms with Crippen LogP contribution < -0.4 is 0 Å². The topological polar surface area (TPSA) is 51.0 Å². The van der Waals surface area contributed by atoms with Gasteiger partial charge in [0.15, 0.2) is 0 Å². The van der Waals surface area contributed by atoms with E-state index in [0.29, 0.717) is 17.7 Å². The number of rotatable bonds is 3. The van der Waals surface area contributed by atoms with Crippen LogP contribution in [-0.2, 0) is 17.8 Å². The molecule has 0 N–H and O–H groups in total. The summed E-state index contributed by atoms with van der Waals surface area (Å²) in [4.78, 5) is 14.9. The predicted octanol–water partition coefficient (Wildman–Crippen LogP) is 2.73. The van der Waals surface area contributed by atoms with Gasteiger partial charge in [0.2, 0.25) is 5.91 Å². The molecule has 1 aliphatic carbocycles. The fourth-order valence-corrected chi connectivity index (χ4v) is 4.60. The molecule has 1 aromatic heterocycles. The van der Waals surface area contributed by atoms with Crippen molar-refractivity contribution in [3.63, 3.8) is 0 Å². The van der Waals surface area contributed by atoms with Crippen LogP contribution in [0.25, 0.3) is 0 Å². The number of aryl methyl sites for hydroxylation is 1. The van der Waals surface area contributed by atoms with Crippen molar-refractivity contribution in [2.24, 2.45) is 5.92 Å². The van der Waals surface area contributed by atoms with Crippen LogP contribution in [-0.4, -0.2) is 38.7 Å². The standard InChI is InChI=1S/C20H24N4O/c25-20(17-13-16(17)14-5-2-1-3-6-14)23-11-8-15(9-12-23)19-22-21-18-7-4-10-24(18)19/h1-3,5-6,15-17H,4,7-13H2/t16-,17-/m0/s1. The van der Waals surface area contributed by atoms with Gasteiger partial charge in [-0.15, -0.1) is 10.2 Å². The number of aromatic nitrogens is 3. The Kier molecular flexibility index (Phi) is 3.61. The van der Waals surface area contributed by atoms with Gasteiger partial charge in [0.1, 0.15) is 11.6 Å². The molecule has 1 saturated carbocycles. The van der Waals surface area contributed by atoms with Crippen LogP contribution in [0.3, 0.4) is 0 Å². The average Bonchev–Trinajstić information content (AvgIpc) is 3.15. The lowest BCUT2D eigenvalue weighted by Gasteiger charge is -2.32. The van der Waals surface area contributed by atoms with E-state index < -0.39 is 0 Å². The number of hydrogen-bond donors (Lipinski definition) is 0. The van der Waals surface area contributed by atoms with Gasteiger partial charge in [-0.2, -0.15) is 0 Å². The Morgan fingerprint density at radius 2 is 1.84 bits per heavy atom. The normalized spacial score (nSPS) is 25.8. The molecule has 0 spiro atoms. The molecule has 1 saturated heterocycles. The smallest absolute Gasteiger partial charge is 0.226 e. The average molecular weight is 336 g/mol. The minimum atomic E-state index is 0.205. The second-order valence-electron chi connectivity index (χ2n) is 7.69. The molecule has 2 fully saturated rings. The van der Waals surface area contributed by atoms with Crippen LogP contribution in [0, 0.1) is 5.92 Å². The minimum Gasteiger partial charge on any atom is -0.342 e. The second-order valence-corrected chi connectivity index (χ2v) is 7.69. The third-order valence-electron chi connectivity index (χ3n) is 6.15. The summed E-state index contributed by atoms with van der Waals surface area (Å²) in [6.45, 7) is 2.80. The number of carbonyl (C=O) groups is 1. The molecule has 2 aromatic rings. The molecule has 1 amide bonds. The van der Waals surface area contributed by atoms with Crippen molar-refractivity contribution in [3.05, 3.63) is 47.5 Å². The second kappa shape index (κ2) is 5.97. The van der Waals surface area contributed by atoms with Crippen molar-refractivity contribution < 1.29 is 4.79 Å². The van der Waals surface area contributed by atoms with E-state index in [2.05, 4.69) is 43.9 Å². The number of fused-ring (bicyclic) bond motifs is 1. The van der Waals surface area contributed by atoms with Gasteiger partial charge in [-0.3, -0.25) is 4.79 Å². The molecule has 5 nitrogen and oxygen atoms in total. The Bertz CT molecular complexity index is 776. The van der Waals surface area contributed by atoms with Crippen molar-refractivity contribution in [2.75, 3.05) is 13.1 Å². The highest BCUT2D eigenvalue weighted by atomic mass is 16.2. The lowest BCUT2D eigenvalue weighted by Crippen LogP contribution is -2.39. The van der Waals surface area contributed by atoms with E-state index in [1.54, 1.807) is 0 Å². The van der Waals surface area contributed by atoms with Gasteiger partial charge in [0.25, 0.3) is 0 Å². The van der Waals surface area contributed by atoms with E-state index in [1.165, 1.54) is 12.0 Å². The van der Waals surface area contributed by atoms with Gasteiger partial charge in [-0.25, -0.2) is 0 Å². The zero-order valence-corrected chi connectivity index (χ0v) is 14.5. The maximum atomic E-state index is 12.8. The van der Waals surface area contributed by atoms with Crippen LogP contribution in [0.4, 0.5) is 0 Å². The summed E-state index contributed by atoms with van der Waals surface area (Å²) in [7, 11) is 0. The number of amides is 1. The van der Waals surface area contributed by atoms with Crippen LogP contribution in [0.2, 0.25) is 0 Å². The minimum absolute atomic E-state index is 0.205. The number of piperidine rings is 1. The van der Waals surface area contributed by atoms with Gasteiger partial charge in [0.05, 0.1) is 0 Å². The van der Waals surface area contributed by atoms with Gasteiger partial charge in [0, 0.05) is 37.9 Å². The number of benzene rings is 1. The highest BCUT2D eigenvalue weighted by molar-refractivity contribution is 5.83. The summed E-state index contributed by atoms with van der Waals surface area (Å²) in [5.74, 6) is 3.78. The number of nitrogens with zero attached hydrogens (tertiary/aromatic N) is 4. The Hall–Kier alpha value is -2.17. The fraction of sp³-hybridized carbons (Fsp3) is 0.550. The summed E-state index contributed by atoms with van der Waals surface area (Å²) in [5, 5.41) is 8.78. The summed E-state index contributed by atoms with van der Waals surface area (Å²) >= 11 is 0. The highest BCUT2D eigenvalue weighted by Gasteiger charge is 2.46. The van der Waals surface area contributed by atoms with Gasteiger partial charge < -0.3 is 9.47 Å². The molecule has 3 heterocycles. The molecule has 130 valence electrons. The largest absolute Gasteiger partial charge is 0.342 e. The van der Waals surface area contributed by atoms with E-state index in [0.717, 1.165) is 57.0 Å². The van der Waals surface area contributed by atoms with Crippen LogP contribution in [0.5, 0.6) is 0 Å². The molecule has 2 atom stereocenters. The first-order valence-electron chi connectivity index (χ1n) is 9.57. The third kappa shape index (κ3) is 2.66. The first-order valence-corrected chi connectivity index (χ1v) is 9.57. The quantitative estimate of drug-likeness (QED) is 0.866. The Balaban J connectivity index is 1.20. The van der Waals surface area contributed by atoms with Crippen molar-refractivity contribution in [1.29, 1.82) is 0 Å². The molecule has 1 aromatic carbocycles. The summed E-state index contributed by atoms with van der Waals surface area (Å²) in [5.41, 5.74) is 1.31. The van der Waals surface area contributed by atoms with Gasteiger partial charge >= 0.3 is 0 Å². The monoisotopic (exact) mass is 336 g/mol. The highest BCUT2D eigenvalue weighted by Crippen LogP contribution is 2.48. The van der Waals surface area contributed by atoms with Crippen LogP contribution >= 0.6 is 0 Å². The van der Waals surface area contributed by atoms with Crippen molar-refractivity contribution in [2.45, 2.75) is 50.5 Å². The number of hydrogen-bond acceptors (Lipinski definition) is 3. The first-order chi connectivity index (χ1) is 12.3. The number of carbonyl (C=O) groups excluding carboxylic acids is 1. The van der Waals surface area contributed by atoms with Crippen LogP contribution in [0.1, 0.15) is 54.7 Å². The molecule has 25 heavy (non-hydrogen) atoms. The molecule has 3 aliphatic rings. The molecule has 0 unspecified atom stereocenters. The van der Waals surface area contributed by atoms with E-state index in [4.69, 9.17) is 0 Å². The molecular weight excluding hydrogens is 312 g/mol. The maximum absolute atomic E-state index is 12.8.